The van der Waals surface area contributed by atoms with E-state index in [2.05, 4.69) is 20.0 Å². The van der Waals surface area contributed by atoms with Crippen LogP contribution in [-0.2, 0) is 19.2 Å². The van der Waals surface area contributed by atoms with Gasteiger partial charge in [-0.15, -0.1) is 0 Å². The lowest BCUT2D eigenvalue weighted by Gasteiger charge is -2.38. The third-order valence-electron chi connectivity index (χ3n) is 6.17. The molecule has 1 aliphatic rings. The fraction of sp³-hybridized carbons (Fsp3) is 0.333. The number of carbonyl (C=O) groups is 4. The lowest BCUT2D eigenvalue weighted by molar-refractivity contribution is -0.193. The van der Waals surface area contributed by atoms with Gasteiger partial charge in [0.1, 0.15) is 23.7 Å². The molecule has 360 valence electrons. The van der Waals surface area contributed by atoms with E-state index < -0.39 is 72.9 Å². The van der Waals surface area contributed by atoms with Crippen molar-refractivity contribution in [2.45, 2.75) is 61.8 Å². The maximum Gasteiger partial charge on any atom is 0.490 e. The first kappa shape index (κ1) is 58.3. The Kier molecular flexibility index (Phi) is 22.9. The summed E-state index contributed by atoms with van der Waals surface area (Å²) in [5, 5.41) is 28.5. The predicted molar refractivity (Wildman–Crippen MR) is 196 cm³/mol. The Labute approximate surface area is 348 Å². The average Bonchev–Trinajstić information content (AvgIpc) is 3.10. The molecule has 4 unspecified atom stereocenters. The van der Waals surface area contributed by atoms with Crippen LogP contribution in [0.3, 0.4) is 0 Å². The van der Waals surface area contributed by atoms with Crippen LogP contribution >= 0.6 is 0 Å². The Hall–Kier alpha value is -7.84. The molecule has 1 fully saturated rings. The maximum atomic E-state index is 10.6. The number of nitrogens with zero attached hydrogens (tertiary/aromatic N) is 4. The highest BCUT2D eigenvalue weighted by Gasteiger charge is 2.42. The number of halogens is 12. The standard InChI is InChI=1S/C22H32N12O2.4C2HF3O2/c23-19(24)31-11-1-5-13(6-2-11)35-17-10-18(16(34-22(29)30)9-15(17)33-21(27)28)36-14-7-3-12(4-8-14)32-20(25)26;4*3-2(4,5)1(6)7/h1-8,15-18H,9-10H2,(H4,23,24,31)(H4,25,26,32)(H4,27,28,33)(H4,29,30,34);4*(H,6,7). The Morgan fingerprint density at radius 1 is 0.438 bits per heavy atom. The number of aliphatic carboxylic acids is 4. The number of carboxylic acids is 4. The van der Waals surface area contributed by atoms with Gasteiger partial charge in [-0.05, 0) is 55.0 Å². The minimum atomic E-state index is -5.08. The second kappa shape index (κ2) is 25.2. The van der Waals surface area contributed by atoms with Gasteiger partial charge >= 0.3 is 48.6 Å². The average molecular weight is 953 g/mol. The number of aliphatic imine (C=N–C) groups is 4. The van der Waals surface area contributed by atoms with Gasteiger partial charge in [-0.25, -0.2) is 39.1 Å². The Morgan fingerprint density at radius 2 is 0.656 bits per heavy atom. The Balaban J connectivity index is 0. The van der Waals surface area contributed by atoms with Crippen molar-refractivity contribution in [3.05, 3.63) is 48.5 Å². The first-order valence-corrected chi connectivity index (χ1v) is 16.0. The van der Waals surface area contributed by atoms with Crippen LogP contribution in [0.5, 0.6) is 11.5 Å². The smallest absolute Gasteiger partial charge is 0.488 e. The molecule has 0 saturated heterocycles. The summed E-state index contributed by atoms with van der Waals surface area (Å²) in [4.78, 5) is 52.3. The summed E-state index contributed by atoms with van der Waals surface area (Å²) in [6.45, 7) is 0. The van der Waals surface area contributed by atoms with E-state index in [1.165, 1.54) is 0 Å². The first-order valence-electron chi connectivity index (χ1n) is 16.0. The van der Waals surface area contributed by atoms with Crippen LogP contribution in [0.1, 0.15) is 12.8 Å². The van der Waals surface area contributed by atoms with Crippen molar-refractivity contribution in [1.82, 2.24) is 0 Å². The highest BCUT2D eigenvalue weighted by Crippen LogP contribution is 2.32. The van der Waals surface area contributed by atoms with Crippen molar-refractivity contribution in [3.8, 4) is 11.5 Å². The van der Waals surface area contributed by atoms with Gasteiger partial charge in [0.25, 0.3) is 0 Å². The van der Waals surface area contributed by atoms with Gasteiger partial charge in [0, 0.05) is 6.42 Å². The van der Waals surface area contributed by atoms with Crippen molar-refractivity contribution in [2.24, 2.45) is 65.8 Å². The molecule has 0 radical (unpaired) electrons. The zero-order valence-corrected chi connectivity index (χ0v) is 31.5. The molecule has 1 saturated carbocycles. The molecule has 34 heteroatoms. The molecular weight excluding hydrogens is 916 g/mol. The molecule has 2 aromatic carbocycles. The lowest BCUT2D eigenvalue weighted by Crippen LogP contribution is -2.50. The molecule has 4 atom stereocenters. The van der Waals surface area contributed by atoms with E-state index in [1.807, 2.05) is 0 Å². The second-order valence-electron chi connectivity index (χ2n) is 11.3. The van der Waals surface area contributed by atoms with E-state index in [9.17, 15) is 52.7 Å². The first-order chi connectivity index (χ1) is 28.9. The van der Waals surface area contributed by atoms with Crippen LogP contribution in [0.15, 0.2) is 68.5 Å². The molecule has 0 aromatic heterocycles. The monoisotopic (exact) mass is 952 g/mol. The van der Waals surface area contributed by atoms with Crippen molar-refractivity contribution < 1.29 is 102 Å². The summed E-state index contributed by atoms with van der Waals surface area (Å²) in [6, 6.07) is 13.0. The van der Waals surface area contributed by atoms with Crippen LogP contribution < -0.4 is 55.3 Å². The third kappa shape index (κ3) is 26.4. The van der Waals surface area contributed by atoms with Gasteiger partial charge < -0.3 is 75.8 Å². The number of ether oxygens (including phenoxy) is 2. The molecule has 22 nitrogen and oxygen atoms in total. The van der Waals surface area contributed by atoms with Gasteiger partial charge in [0.05, 0.1) is 23.5 Å². The molecule has 0 bridgehead atoms. The largest absolute Gasteiger partial charge is 0.490 e. The molecule has 0 heterocycles. The summed E-state index contributed by atoms with van der Waals surface area (Å²) in [5.74, 6) is -10.1. The lowest BCUT2D eigenvalue weighted by atomic mass is 9.86. The third-order valence-corrected chi connectivity index (χ3v) is 6.17. The van der Waals surface area contributed by atoms with Gasteiger partial charge in [0.15, 0.2) is 23.8 Å². The number of hydrogen-bond acceptors (Lipinski definition) is 10. The number of rotatable bonds is 8. The molecule has 64 heavy (non-hydrogen) atoms. The van der Waals surface area contributed by atoms with E-state index in [0.717, 1.165) is 0 Å². The molecule has 0 amide bonds. The summed E-state index contributed by atoms with van der Waals surface area (Å²) in [5.41, 5.74) is 45.6. The van der Waals surface area contributed by atoms with Gasteiger partial charge in [-0.1, -0.05) is 0 Å². The maximum absolute atomic E-state index is 10.6. The van der Waals surface area contributed by atoms with E-state index >= 15 is 0 Å². The minimum absolute atomic E-state index is 0.0409. The topological polar surface area (TPSA) is 425 Å². The predicted octanol–water partition coefficient (Wildman–Crippen LogP) is 1.30. The molecule has 20 N–H and O–H groups in total. The number of alkyl halides is 12. The summed E-state index contributed by atoms with van der Waals surface area (Å²) in [6.07, 6.45) is -20.5. The number of guanidine groups is 4. The highest BCUT2D eigenvalue weighted by atomic mass is 19.4. The highest BCUT2D eigenvalue weighted by molar-refractivity contribution is 5.80. The summed E-state index contributed by atoms with van der Waals surface area (Å²) in [7, 11) is 0. The molecule has 2 aromatic rings. The molecule has 0 aliphatic heterocycles. The number of carboxylic acid groups (broad SMARTS) is 4. The molecular formula is C30H36F12N12O10. The van der Waals surface area contributed by atoms with E-state index in [0.29, 0.717) is 35.7 Å². The zero-order valence-electron chi connectivity index (χ0n) is 31.5. The molecule has 1 aliphatic carbocycles. The summed E-state index contributed by atoms with van der Waals surface area (Å²) >= 11 is 0. The molecule has 3 rings (SSSR count). The van der Waals surface area contributed by atoms with Gasteiger partial charge in [-0.3, -0.25) is 0 Å². The normalized spacial score (nSPS) is 16.7. The van der Waals surface area contributed by atoms with Crippen molar-refractivity contribution in [2.75, 3.05) is 0 Å². The van der Waals surface area contributed by atoms with Crippen molar-refractivity contribution in [1.29, 1.82) is 0 Å². The quantitative estimate of drug-likeness (QED) is 0.101. The van der Waals surface area contributed by atoms with Gasteiger partial charge in [0.2, 0.25) is 0 Å². The number of benzene rings is 2. The van der Waals surface area contributed by atoms with Gasteiger partial charge in [-0.2, -0.15) is 52.7 Å². The Morgan fingerprint density at radius 3 is 0.828 bits per heavy atom. The van der Waals surface area contributed by atoms with Crippen LogP contribution in [0.4, 0.5) is 64.1 Å². The number of nitrogens with two attached hydrogens (primary N) is 8. The SMILES string of the molecule is NC(N)=Nc1ccc(OC2CC(Oc3ccc(N=C(N)N)cc3)C(N=C(N)N)CC2N=C(N)N)cc1.O=C(O)C(F)(F)F.O=C(O)C(F)(F)F.O=C(O)C(F)(F)F.O=C(O)C(F)(F)F. The second-order valence-corrected chi connectivity index (χ2v) is 11.3. The van der Waals surface area contributed by atoms with Crippen molar-refractivity contribution in [3.63, 3.8) is 0 Å². The van der Waals surface area contributed by atoms with Crippen LogP contribution in [0.2, 0.25) is 0 Å². The number of hydrogen-bond donors (Lipinski definition) is 12. The van der Waals surface area contributed by atoms with E-state index in [4.69, 9.17) is 94.9 Å². The van der Waals surface area contributed by atoms with Crippen molar-refractivity contribution >= 4 is 59.1 Å². The minimum Gasteiger partial charge on any atom is -0.488 e. The Bertz CT molecular complexity index is 1760. The zero-order chi connectivity index (χ0) is 50.6. The van der Waals surface area contributed by atoms with Crippen LogP contribution in [0, 0.1) is 0 Å². The van der Waals surface area contributed by atoms with Crippen LogP contribution in [-0.4, -0.2) is 117 Å². The van der Waals surface area contributed by atoms with E-state index in [1.54, 1.807) is 48.5 Å². The fourth-order valence-corrected chi connectivity index (χ4v) is 3.85. The fourth-order valence-electron chi connectivity index (χ4n) is 3.85. The summed E-state index contributed by atoms with van der Waals surface area (Å²) < 4.78 is 139. The van der Waals surface area contributed by atoms with E-state index in [-0.39, 0.29) is 23.8 Å². The molecule has 0 spiro atoms. The van der Waals surface area contributed by atoms with Crippen LogP contribution in [0.25, 0.3) is 0 Å².